The summed E-state index contributed by atoms with van der Waals surface area (Å²) in [5.74, 6) is 0. The van der Waals surface area contributed by atoms with Gasteiger partial charge >= 0.3 is 6.03 Å². The fourth-order valence-corrected chi connectivity index (χ4v) is 5.08. The average Bonchev–Trinajstić information content (AvgIpc) is 2.70. The van der Waals surface area contributed by atoms with Crippen LogP contribution in [0.15, 0.2) is 59.5 Å². The Balaban J connectivity index is 1.64. The predicted octanol–water partition coefficient (Wildman–Crippen LogP) is 2.65. The van der Waals surface area contributed by atoms with Crippen molar-refractivity contribution in [2.24, 2.45) is 5.73 Å². The number of carbonyl (C=O) groups excluding carboxylic acids is 1. The molecule has 2 aromatic carbocycles. The molecular formula is C21H25N3O4S. The lowest BCUT2D eigenvalue weighted by Crippen LogP contribution is -2.38. The Bertz CT molecular complexity index is 990. The summed E-state index contributed by atoms with van der Waals surface area (Å²) < 4.78 is 27.5. The van der Waals surface area contributed by atoms with Crippen molar-refractivity contribution in [1.29, 1.82) is 0 Å². The Hall–Kier alpha value is -2.68. The Morgan fingerprint density at radius 2 is 1.97 bits per heavy atom. The summed E-state index contributed by atoms with van der Waals surface area (Å²) in [6, 6.07) is 14.3. The number of benzene rings is 2. The van der Waals surface area contributed by atoms with Crippen molar-refractivity contribution in [3.8, 4) is 0 Å². The molecule has 3 rings (SSSR count). The summed E-state index contributed by atoms with van der Waals surface area (Å²) in [4.78, 5) is 11.1. The highest BCUT2D eigenvalue weighted by Gasteiger charge is 2.30. The van der Waals surface area contributed by atoms with Crippen LogP contribution in [0.3, 0.4) is 0 Å². The van der Waals surface area contributed by atoms with Crippen LogP contribution in [0.5, 0.6) is 0 Å². The molecule has 0 aromatic heterocycles. The van der Waals surface area contributed by atoms with E-state index in [-0.39, 0.29) is 6.54 Å². The molecular weight excluding hydrogens is 390 g/mol. The minimum atomic E-state index is -3.50. The van der Waals surface area contributed by atoms with Crippen LogP contribution >= 0.6 is 0 Å². The first kappa shape index (κ1) is 21.0. The SMILES string of the molecule is NC(=O)N(O)CC=Cc1ccc2c(c1)CCN(CCCc1ccccc1)S2(=O)=O. The molecule has 7 nitrogen and oxygen atoms in total. The molecule has 0 atom stereocenters. The van der Waals surface area contributed by atoms with Gasteiger partial charge in [-0.2, -0.15) is 4.31 Å². The molecule has 0 fully saturated rings. The summed E-state index contributed by atoms with van der Waals surface area (Å²) in [5, 5.41) is 9.66. The van der Waals surface area contributed by atoms with Crippen LogP contribution in [-0.2, 0) is 22.9 Å². The maximum absolute atomic E-state index is 13.0. The molecule has 0 bridgehead atoms. The third kappa shape index (κ3) is 5.23. The summed E-state index contributed by atoms with van der Waals surface area (Å²) >= 11 is 0. The zero-order chi connectivity index (χ0) is 20.9. The first-order valence-corrected chi connectivity index (χ1v) is 10.9. The number of sulfonamides is 1. The quantitative estimate of drug-likeness (QED) is 0.536. The topological polar surface area (TPSA) is 104 Å². The largest absolute Gasteiger partial charge is 0.350 e. The van der Waals surface area contributed by atoms with E-state index < -0.39 is 16.1 Å². The normalized spacial score (nSPS) is 15.9. The predicted molar refractivity (Wildman–Crippen MR) is 111 cm³/mol. The first-order valence-electron chi connectivity index (χ1n) is 9.47. The molecule has 29 heavy (non-hydrogen) atoms. The lowest BCUT2D eigenvalue weighted by atomic mass is 10.1. The molecule has 154 valence electrons. The average molecular weight is 416 g/mol. The number of hydroxylamine groups is 2. The van der Waals surface area contributed by atoms with E-state index in [4.69, 9.17) is 5.73 Å². The first-order chi connectivity index (χ1) is 13.9. The second kappa shape index (κ2) is 9.21. The standard InChI is InChI=1S/C21H25N3O4S/c22-21(25)24(26)14-5-9-18-10-11-20-19(16-18)12-15-23(29(20,27)28)13-4-8-17-6-2-1-3-7-17/h1-3,5-7,9-11,16,26H,4,8,12-15H2,(H2,22,25). The maximum atomic E-state index is 13.0. The third-order valence-electron chi connectivity index (χ3n) is 4.89. The van der Waals surface area contributed by atoms with E-state index in [1.807, 2.05) is 24.3 Å². The molecule has 0 radical (unpaired) electrons. The number of nitrogens with zero attached hydrogens (tertiary/aromatic N) is 2. The Labute approximate surface area is 171 Å². The monoisotopic (exact) mass is 415 g/mol. The van der Waals surface area contributed by atoms with Gasteiger partial charge in [0.15, 0.2) is 0 Å². The van der Waals surface area contributed by atoms with Gasteiger partial charge in [-0.15, -0.1) is 0 Å². The van der Waals surface area contributed by atoms with Gasteiger partial charge in [0.25, 0.3) is 0 Å². The zero-order valence-corrected chi connectivity index (χ0v) is 16.9. The van der Waals surface area contributed by atoms with Gasteiger partial charge in [0.05, 0.1) is 11.4 Å². The van der Waals surface area contributed by atoms with Crippen LogP contribution in [0, 0.1) is 0 Å². The summed E-state index contributed by atoms with van der Waals surface area (Å²) in [6.45, 7) is 0.918. The highest BCUT2D eigenvalue weighted by atomic mass is 32.2. The molecule has 1 heterocycles. The van der Waals surface area contributed by atoms with Crippen molar-refractivity contribution in [2.45, 2.75) is 24.2 Å². The van der Waals surface area contributed by atoms with Crippen LogP contribution in [0.1, 0.15) is 23.1 Å². The van der Waals surface area contributed by atoms with Crippen LogP contribution in [0.4, 0.5) is 4.79 Å². The van der Waals surface area contributed by atoms with Gasteiger partial charge in [-0.1, -0.05) is 54.6 Å². The van der Waals surface area contributed by atoms with E-state index in [0.717, 1.165) is 24.0 Å². The summed E-state index contributed by atoms with van der Waals surface area (Å²) in [6.07, 6.45) is 5.56. The van der Waals surface area contributed by atoms with Crippen LogP contribution in [-0.4, -0.2) is 48.7 Å². The van der Waals surface area contributed by atoms with Gasteiger partial charge in [-0.05, 0) is 42.0 Å². The van der Waals surface area contributed by atoms with Crippen LogP contribution in [0.2, 0.25) is 0 Å². The molecule has 2 amide bonds. The molecule has 0 saturated carbocycles. The number of hydrogen-bond acceptors (Lipinski definition) is 4. The van der Waals surface area contributed by atoms with Gasteiger partial charge < -0.3 is 5.73 Å². The lowest BCUT2D eigenvalue weighted by molar-refractivity contribution is -0.0286. The number of nitrogens with two attached hydrogens (primary N) is 1. The molecule has 0 saturated heterocycles. The highest BCUT2D eigenvalue weighted by molar-refractivity contribution is 7.89. The second-order valence-electron chi connectivity index (χ2n) is 6.93. The van der Waals surface area contributed by atoms with Crippen molar-refractivity contribution in [3.05, 3.63) is 71.3 Å². The molecule has 1 aliphatic heterocycles. The fraction of sp³-hybridized carbons (Fsp3) is 0.286. The molecule has 3 N–H and O–H groups in total. The molecule has 0 aliphatic carbocycles. The molecule has 0 spiro atoms. The number of carbonyl (C=O) groups is 1. The van der Waals surface area contributed by atoms with Crippen LogP contribution in [0.25, 0.3) is 6.08 Å². The number of aryl methyl sites for hydroxylation is 1. The van der Waals surface area contributed by atoms with E-state index >= 15 is 0 Å². The number of primary amides is 1. The van der Waals surface area contributed by atoms with Gasteiger partial charge in [0, 0.05) is 13.1 Å². The van der Waals surface area contributed by atoms with E-state index in [0.29, 0.717) is 29.5 Å². The smallest absolute Gasteiger partial charge is 0.338 e. The van der Waals surface area contributed by atoms with Gasteiger partial charge in [-0.25, -0.2) is 18.3 Å². The van der Waals surface area contributed by atoms with E-state index in [1.54, 1.807) is 28.6 Å². The van der Waals surface area contributed by atoms with Gasteiger partial charge in [0.2, 0.25) is 10.0 Å². The zero-order valence-electron chi connectivity index (χ0n) is 16.1. The number of hydrogen-bond donors (Lipinski definition) is 2. The van der Waals surface area contributed by atoms with E-state index in [9.17, 15) is 18.4 Å². The molecule has 8 heteroatoms. The molecule has 2 aromatic rings. The third-order valence-corrected chi connectivity index (χ3v) is 6.89. The highest BCUT2D eigenvalue weighted by Crippen LogP contribution is 2.28. The minimum absolute atomic E-state index is 0.0418. The Morgan fingerprint density at radius 1 is 1.21 bits per heavy atom. The number of amides is 2. The van der Waals surface area contributed by atoms with Crippen LogP contribution < -0.4 is 5.73 Å². The Kier molecular flexibility index (Phi) is 6.68. The number of rotatable bonds is 7. The van der Waals surface area contributed by atoms with Crippen molar-refractivity contribution in [2.75, 3.05) is 19.6 Å². The molecule has 1 aliphatic rings. The Morgan fingerprint density at radius 3 is 2.69 bits per heavy atom. The van der Waals surface area contributed by atoms with E-state index in [1.165, 1.54) is 5.56 Å². The maximum Gasteiger partial charge on any atom is 0.338 e. The summed E-state index contributed by atoms with van der Waals surface area (Å²) in [7, 11) is -3.50. The second-order valence-corrected chi connectivity index (χ2v) is 8.84. The van der Waals surface area contributed by atoms with Crippen molar-refractivity contribution in [1.82, 2.24) is 9.37 Å². The van der Waals surface area contributed by atoms with Gasteiger partial charge in [-0.3, -0.25) is 5.21 Å². The van der Waals surface area contributed by atoms with Crippen molar-refractivity contribution < 1.29 is 18.4 Å². The van der Waals surface area contributed by atoms with Crippen molar-refractivity contribution >= 4 is 22.1 Å². The number of fused-ring (bicyclic) bond motifs is 1. The van der Waals surface area contributed by atoms with Crippen molar-refractivity contribution in [3.63, 3.8) is 0 Å². The fourth-order valence-electron chi connectivity index (χ4n) is 3.37. The minimum Gasteiger partial charge on any atom is -0.350 e. The molecule has 0 unspecified atom stereocenters. The summed E-state index contributed by atoms with van der Waals surface area (Å²) in [5.41, 5.74) is 7.73. The number of urea groups is 1. The lowest BCUT2D eigenvalue weighted by Gasteiger charge is -2.28. The van der Waals surface area contributed by atoms with E-state index in [2.05, 4.69) is 12.1 Å². The van der Waals surface area contributed by atoms with Gasteiger partial charge in [0.1, 0.15) is 0 Å².